The smallest absolute Gasteiger partial charge is 0.262 e. The van der Waals surface area contributed by atoms with Crippen molar-refractivity contribution in [3.8, 4) is 5.75 Å². The molecule has 1 fully saturated rings. The standard InChI is InChI=1S/C23H31N3O4S.ClH/c1-6-30-18(4)19-7-10-21(11-8-19)31(27,28)25-22-13-20(9-12-23(22)29-5)26-14-16(2)24-17(3)15-26;/h7-13,16-17,24-25H,4,6,14-15H2,1-3,5H3;1H/t16-,17+;. The maximum atomic E-state index is 13.0. The molecule has 3 rings (SSSR count). The van der Waals surface area contributed by atoms with Gasteiger partial charge in [-0.2, -0.15) is 0 Å². The summed E-state index contributed by atoms with van der Waals surface area (Å²) in [5, 5.41) is 3.50. The zero-order valence-electron chi connectivity index (χ0n) is 18.9. The van der Waals surface area contributed by atoms with Gasteiger partial charge in [0.05, 0.1) is 24.3 Å². The van der Waals surface area contributed by atoms with Crippen LogP contribution in [0.5, 0.6) is 5.75 Å². The van der Waals surface area contributed by atoms with Crippen molar-refractivity contribution in [2.45, 2.75) is 37.8 Å². The lowest BCUT2D eigenvalue weighted by Gasteiger charge is -2.38. The quantitative estimate of drug-likeness (QED) is 0.552. The number of benzene rings is 2. The van der Waals surface area contributed by atoms with E-state index in [1.54, 1.807) is 18.2 Å². The summed E-state index contributed by atoms with van der Waals surface area (Å²) in [4.78, 5) is 2.40. The number of ether oxygens (including phenoxy) is 2. The molecule has 1 aliphatic heterocycles. The predicted octanol–water partition coefficient (Wildman–Crippen LogP) is 4.11. The average molecular weight is 482 g/mol. The predicted molar refractivity (Wildman–Crippen MR) is 132 cm³/mol. The van der Waals surface area contributed by atoms with Crippen molar-refractivity contribution < 1.29 is 17.9 Å². The average Bonchev–Trinajstić information content (AvgIpc) is 2.73. The van der Waals surface area contributed by atoms with Crippen LogP contribution >= 0.6 is 12.4 Å². The van der Waals surface area contributed by atoms with Crippen molar-refractivity contribution in [2.24, 2.45) is 0 Å². The van der Waals surface area contributed by atoms with Crippen LogP contribution < -0.4 is 19.7 Å². The monoisotopic (exact) mass is 481 g/mol. The van der Waals surface area contributed by atoms with E-state index >= 15 is 0 Å². The molecule has 0 radical (unpaired) electrons. The van der Waals surface area contributed by atoms with E-state index < -0.39 is 10.0 Å². The third-order valence-corrected chi connectivity index (χ3v) is 6.54. The van der Waals surface area contributed by atoms with Gasteiger partial charge in [0.2, 0.25) is 0 Å². The highest BCUT2D eigenvalue weighted by Crippen LogP contribution is 2.32. The van der Waals surface area contributed by atoms with Crippen LogP contribution in [0.15, 0.2) is 53.9 Å². The summed E-state index contributed by atoms with van der Waals surface area (Å²) in [6, 6.07) is 12.7. The number of hydrogen-bond acceptors (Lipinski definition) is 6. The summed E-state index contributed by atoms with van der Waals surface area (Å²) in [7, 11) is -2.28. The van der Waals surface area contributed by atoms with Gasteiger partial charge in [-0.25, -0.2) is 8.42 Å². The summed E-state index contributed by atoms with van der Waals surface area (Å²) < 4.78 is 39.5. The molecule has 7 nitrogen and oxygen atoms in total. The number of anilines is 2. The Morgan fingerprint density at radius 2 is 1.78 bits per heavy atom. The van der Waals surface area contributed by atoms with Gasteiger partial charge in [-0.15, -0.1) is 12.4 Å². The summed E-state index contributed by atoms with van der Waals surface area (Å²) in [5.41, 5.74) is 2.09. The van der Waals surface area contributed by atoms with Crippen LogP contribution in [-0.4, -0.2) is 47.3 Å². The molecule has 2 aromatic rings. The van der Waals surface area contributed by atoms with Crippen molar-refractivity contribution in [1.82, 2.24) is 5.32 Å². The molecule has 2 aromatic carbocycles. The zero-order valence-corrected chi connectivity index (χ0v) is 20.6. The van der Waals surface area contributed by atoms with Gasteiger partial charge < -0.3 is 19.7 Å². The number of sulfonamides is 1. The first-order valence-electron chi connectivity index (χ1n) is 10.4. The van der Waals surface area contributed by atoms with Crippen LogP contribution in [-0.2, 0) is 14.8 Å². The molecule has 1 saturated heterocycles. The molecule has 2 atom stereocenters. The largest absolute Gasteiger partial charge is 0.495 e. The number of rotatable bonds is 8. The molecule has 0 saturated carbocycles. The Hall–Kier alpha value is -2.42. The maximum absolute atomic E-state index is 13.0. The SMILES string of the molecule is C=C(OCC)c1ccc(S(=O)(=O)Nc2cc(N3C[C@@H](C)N[C@@H](C)C3)ccc2OC)cc1.Cl. The summed E-state index contributed by atoms with van der Waals surface area (Å²) in [6.07, 6.45) is 0. The van der Waals surface area contributed by atoms with Crippen molar-refractivity contribution in [3.05, 3.63) is 54.6 Å². The Morgan fingerprint density at radius 1 is 1.16 bits per heavy atom. The molecule has 2 N–H and O–H groups in total. The van der Waals surface area contributed by atoms with Gasteiger partial charge in [0.1, 0.15) is 11.5 Å². The second-order valence-electron chi connectivity index (χ2n) is 7.74. The van der Waals surface area contributed by atoms with Gasteiger partial charge >= 0.3 is 0 Å². The minimum Gasteiger partial charge on any atom is -0.495 e. The first-order chi connectivity index (χ1) is 14.7. The number of nitrogens with zero attached hydrogens (tertiary/aromatic N) is 1. The molecule has 9 heteroatoms. The second-order valence-corrected chi connectivity index (χ2v) is 9.43. The van der Waals surface area contributed by atoms with Gasteiger partial charge in [0.25, 0.3) is 10.0 Å². The Labute approximate surface area is 197 Å². The lowest BCUT2D eigenvalue weighted by molar-refractivity contribution is 0.299. The highest BCUT2D eigenvalue weighted by molar-refractivity contribution is 7.92. The van der Waals surface area contributed by atoms with E-state index in [0.29, 0.717) is 35.9 Å². The van der Waals surface area contributed by atoms with Crippen molar-refractivity contribution in [1.29, 1.82) is 0 Å². The minimum atomic E-state index is -3.80. The number of piperazine rings is 1. The summed E-state index contributed by atoms with van der Waals surface area (Å²) in [5.74, 6) is 0.971. The summed E-state index contributed by atoms with van der Waals surface area (Å²) >= 11 is 0. The molecule has 32 heavy (non-hydrogen) atoms. The minimum absolute atomic E-state index is 0. The number of hydrogen-bond donors (Lipinski definition) is 2. The topological polar surface area (TPSA) is 79.9 Å². The van der Waals surface area contributed by atoms with E-state index in [0.717, 1.165) is 24.3 Å². The van der Waals surface area contributed by atoms with E-state index in [1.165, 1.54) is 19.2 Å². The fraction of sp³-hybridized carbons (Fsp3) is 0.391. The van der Waals surface area contributed by atoms with Crippen molar-refractivity contribution in [2.75, 3.05) is 36.4 Å². The second kappa shape index (κ2) is 10.9. The molecule has 0 spiro atoms. The van der Waals surface area contributed by atoms with E-state index in [1.807, 2.05) is 19.1 Å². The highest BCUT2D eigenvalue weighted by Gasteiger charge is 2.23. The van der Waals surface area contributed by atoms with Gasteiger partial charge in [-0.05, 0) is 63.2 Å². The van der Waals surface area contributed by atoms with Crippen molar-refractivity contribution >= 4 is 39.6 Å². The fourth-order valence-electron chi connectivity index (χ4n) is 3.79. The zero-order chi connectivity index (χ0) is 22.6. The molecule has 1 heterocycles. The molecular weight excluding hydrogens is 450 g/mol. The highest BCUT2D eigenvalue weighted by atomic mass is 35.5. The number of halogens is 1. The van der Waals surface area contributed by atoms with Crippen LogP contribution in [0.4, 0.5) is 11.4 Å². The Bertz CT molecular complexity index is 1020. The van der Waals surface area contributed by atoms with E-state index in [2.05, 4.69) is 35.4 Å². The third-order valence-electron chi connectivity index (χ3n) is 5.16. The van der Waals surface area contributed by atoms with Gasteiger partial charge in [-0.1, -0.05) is 6.58 Å². The molecule has 0 unspecified atom stereocenters. The third kappa shape index (κ3) is 6.09. The van der Waals surface area contributed by atoms with Gasteiger partial charge in [0.15, 0.2) is 0 Å². The normalized spacial score (nSPS) is 18.4. The van der Waals surface area contributed by atoms with E-state index in [4.69, 9.17) is 9.47 Å². The Kier molecular flexibility index (Phi) is 8.83. The lowest BCUT2D eigenvalue weighted by atomic mass is 10.1. The Morgan fingerprint density at radius 3 is 2.34 bits per heavy atom. The number of methoxy groups -OCH3 is 1. The molecule has 0 aliphatic carbocycles. The molecule has 0 aromatic heterocycles. The van der Waals surface area contributed by atoms with Gasteiger partial charge in [0, 0.05) is 36.4 Å². The molecular formula is C23H32ClN3O4S. The van der Waals surface area contributed by atoms with Crippen LogP contribution in [0.1, 0.15) is 26.3 Å². The van der Waals surface area contributed by atoms with Crippen LogP contribution in [0.2, 0.25) is 0 Å². The summed E-state index contributed by atoms with van der Waals surface area (Å²) in [6.45, 7) is 12.2. The van der Waals surface area contributed by atoms with Crippen molar-refractivity contribution in [3.63, 3.8) is 0 Å². The fourth-order valence-corrected chi connectivity index (χ4v) is 4.85. The van der Waals surface area contributed by atoms with Crippen LogP contribution in [0, 0.1) is 0 Å². The van der Waals surface area contributed by atoms with Crippen LogP contribution in [0.3, 0.4) is 0 Å². The van der Waals surface area contributed by atoms with Gasteiger partial charge in [-0.3, -0.25) is 4.72 Å². The molecule has 176 valence electrons. The van der Waals surface area contributed by atoms with E-state index in [-0.39, 0.29) is 17.3 Å². The Balaban J connectivity index is 0.00000363. The molecule has 0 amide bonds. The van der Waals surface area contributed by atoms with Crippen LogP contribution in [0.25, 0.3) is 5.76 Å². The first-order valence-corrected chi connectivity index (χ1v) is 11.9. The maximum Gasteiger partial charge on any atom is 0.262 e. The van der Waals surface area contributed by atoms with E-state index in [9.17, 15) is 8.42 Å². The lowest BCUT2D eigenvalue weighted by Crippen LogP contribution is -2.54. The number of nitrogens with one attached hydrogen (secondary N) is 2. The molecule has 1 aliphatic rings. The first kappa shape index (κ1) is 25.8. The molecule has 0 bridgehead atoms.